The Morgan fingerprint density at radius 1 is 0.950 bits per heavy atom. The number of carbonyl (C=O) groups is 2. The predicted octanol–water partition coefficient (Wildman–Crippen LogP) is -6.36. The maximum Gasteiger partial charge on any atom is 1.00 e. The van der Waals surface area contributed by atoms with Gasteiger partial charge >= 0.3 is 59.1 Å². The number of nitrogens with zero attached hydrogens (tertiary/aromatic N) is 1. The van der Waals surface area contributed by atoms with Crippen LogP contribution < -0.4 is 69.7 Å². The third kappa shape index (κ3) is 8.29. The molecule has 0 fully saturated rings. The van der Waals surface area contributed by atoms with Gasteiger partial charge in [-0.1, -0.05) is 6.07 Å². The molecular weight excluding hydrogens is 316 g/mol. The average Bonchev–Trinajstić information content (AvgIpc) is 2.42. The van der Waals surface area contributed by atoms with E-state index in [2.05, 4.69) is 15.6 Å². The van der Waals surface area contributed by atoms with Gasteiger partial charge in [-0.15, -0.1) is 0 Å². The Kier molecular flexibility index (Phi) is 15.5. The standard InChI is InChI=1S/C11H15N3O2S2.2Na/c15-10(12-4-6-17)8-2-1-3-9(14-8)11(16)13-5-7-18;;/h1-3,17-18H,4-7H2,(H,12,15)(H,13,16);;/q;2*+1/p-2. The summed E-state index contributed by atoms with van der Waals surface area (Å²) < 4.78 is 0. The summed E-state index contributed by atoms with van der Waals surface area (Å²) >= 11 is 9.45. The minimum atomic E-state index is -0.335. The molecule has 0 spiro atoms. The molecule has 0 aromatic carbocycles. The number of hydrogen-bond acceptors (Lipinski definition) is 5. The van der Waals surface area contributed by atoms with E-state index in [1.807, 2.05) is 0 Å². The van der Waals surface area contributed by atoms with Crippen molar-refractivity contribution >= 4 is 37.1 Å². The molecule has 0 atom stereocenters. The molecule has 1 rings (SSSR count). The van der Waals surface area contributed by atoms with Crippen molar-refractivity contribution in [2.75, 3.05) is 24.6 Å². The Morgan fingerprint density at radius 3 is 1.70 bits per heavy atom. The summed E-state index contributed by atoms with van der Waals surface area (Å²) in [4.78, 5) is 27.2. The van der Waals surface area contributed by atoms with Crippen molar-refractivity contribution in [3.63, 3.8) is 0 Å². The minimum absolute atomic E-state index is 0. The number of aromatic nitrogens is 1. The Morgan fingerprint density at radius 2 is 1.35 bits per heavy atom. The quantitative estimate of drug-likeness (QED) is 0.401. The fourth-order valence-corrected chi connectivity index (χ4v) is 1.40. The fourth-order valence-electron chi connectivity index (χ4n) is 1.20. The zero-order chi connectivity index (χ0) is 13.4. The summed E-state index contributed by atoms with van der Waals surface area (Å²) in [5, 5.41) is 5.21. The largest absolute Gasteiger partial charge is 1.00 e. The first-order chi connectivity index (χ1) is 8.69. The molecule has 0 saturated carbocycles. The molecular formula is C11H13N3Na2O2S2. The van der Waals surface area contributed by atoms with E-state index in [4.69, 9.17) is 25.3 Å². The summed E-state index contributed by atoms with van der Waals surface area (Å²) in [6.45, 7) is 0.810. The Labute approximate surface area is 173 Å². The maximum absolute atomic E-state index is 11.6. The monoisotopic (exact) mass is 329 g/mol. The summed E-state index contributed by atoms with van der Waals surface area (Å²) in [7, 11) is 0. The molecule has 2 N–H and O–H groups in total. The average molecular weight is 329 g/mol. The zero-order valence-electron chi connectivity index (χ0n) is 11.6. The van der Waals surface area contributed by atoms with Gasteiger partial charge in [0.15, 0.2) is 0 Å². The van der Waals surface area contributed by atoms with Gasteiger partial charge in [0.05, 0.1) is 0 Å². The van der Waals surface area contributed by atoms with Crippen LogP contribution in [-0.4, -0.2) is 41.4 Å². The number of hydrogen-bond donors (Lipinski definition) is 2. The van der Waals surface area contributed by atoms with Crippen LogP contribution in [0.25, 0.3) is 0 Å². The van der Waals surface area contributed by atoms with Gasteiger partial charge in [-0.25, -0.2) is 4.98 Å². The van der Waals surface area contributed by atoms with E-state index in [-0.39, 0.29) is 82.3 Å². The second kappa shape index (κ2) is 13.5. The van der Waals surface area contributed by atoms with Gasteiger partial charge in [-0.3, -0.25) is 9.59 Å². The molecule has 0 aliphatic rings. The van der Waals surface area contributed by atoms with Crippen molar-refractivity contribution in [3.05, 3.63) is 29.6 Å². The Bertz CT molecular complexity index is 401. The number of rotatable bonds is 6. The molecule has 20 heavy (non-hydrogen) atoms. The van der Waals surface area contributed by atoms with Crippen molar-refractivity contribution < 1.29 is 68.7 Å². The van der Waals surface area contributed by atoms with E-state index in [0.29, 0.717) is 24.6 Å². The van der Waals surface area contributed by atoms with Crippen LogP contribution >= 0.6 is 0 Å². The number of amides is 2. The SMILES string of the molecule is O=C(NCC[S-])c1cccc(C(=O)NCC[S-])n1.[Na+].[Na+]. The first-order valence-electron chi connectivity index (χ1n) is 5.38. The summed E-state index contributed by atoms with van der Waals surface area (Å²) in [5.74, 6) is 0.200. The zero-order valence-corrected chi connectivity index (χ0v) is 17.3. The predicted molar refractivity (Wildman–Crippen MR) is 73.4 cm³/mol. The minimum Gasteiger partial charge on any atom is -0.791 e. The summed E-state index contributed by atoms with van der Waals surface area (Å²) in [6, 6.07) is 4.70. The van der Waals surface area contributed by atoms with Gasteiger partial charge in [0.1, 0.15) is 11.4 Å². The van der Waals surface area contributed by atoms with Crippen molar-refractivity contribution in [1.29, 1.82) is 0 Å². The fraction of sp³-hybridized carbons (Fsp3) is 0.364. The Hall–Kier alpha value is 0.790. The number of pyridine rings is 1. The van der Waals surface area contributed by atoms with E-state index in [0.717, 1.165) is 0 Å². The second-order valence-corrected chi connectivity index (χ2v) is 4.14. The molecule has 0 saturated heterocycles. The second-order valence-electron chi connectivity index (χ2n) is 3.33. The molecule has 0 unspecified atom stereocenters. The number of nitrogens with one attached hydrogen (secondary N) is 2. The van der Waals surface area contributed by atoms with Crippen molar-refractivity contribution in [2.45, 2.75) is 0 Å². The van der Waals surface area contributed by atoms with E-state index >= 15 is 0 Å². The van der Waals surface area contributed by atoms with Crippen LogP contribution in [0.3, 0.4) is 0 Å². The van der Waals surface area contributed by atoms with Crippen LogP contribution in [-0.2, 0) is 25.3 Å². The molecule has 98 valence electrons. The van der Waals surface area contributed by atoms with E-state index in [1.165, 1.54) is 0 Å². The molecule has 0 aliphatic heterocycles. The molecule has 1 heterocycles. The molecule has 5 nitrogen and oxygen atoms in total. The van der Waals surface area contributed by atoms with Crippen LogP contribution in [0.5, 0.6) is 0 Å². The van der Waals surface area contributed by atoms with Crippen LogP contribution in [0.4, 0.5) is 0 Å². The Balaban J connectivity index is 0. The van der Waals surface area contributed by atoms with Crippen molar-refractivity contribution in [3.8, 4) is 0 Å². The van der Waals surface area contributed by atoms with Crippen LogP contribution in [0.1, 0.15) is 21.0 Å². The van der Waals surface area contributed by atoms with Crippen molar-refractivity contribution in [2.24, 2.45) is 0 Å². The first kappa shape index (κ1) is 23.1. The van der Waals surface area contributed by atoms with Gasteiger partial charge in [0.2, 0.25) is 0 Å². The van der Waals surface area contributed by atoms with Crippen molar-refractivity contribution in [1.82, 2.24) is 15.6 Å². The third-order valence-electron chi connectivity index (χ3n) is 1.99. The van der Waals surface area contributed by atoms with Gasteiger partial charge < -0.3 is 35.9 Å². The van der Waals surface area contributed by atoms with Crippen LogP contribution in [0.15, 0.2) is 18.2 Å². The third-order valence-corrected chi connectivity index (χ3v) is 2.40. The van der Waals surface area contributed by atoms with Crippen LogP contribution in [0, 0.1) is 0 Å². The molecule has 9 heteroatoms. The van der Waals surface area contributed by atoms with Gasteiger partial charge in [0, 0.05) is 0 Å². The molecule has 2 amide bonds. The molecule has 0 bridgehead atoms. The topological polar surface area (TPSA) is 71.1 Å². The molecule has 1 aromatic heterocycles. The normalized spacial score (nSPS) is 8.90. The van der Waals surface area contributed by atoms with E-state index < -0.39 is 0 Å². The molecule has 0 radical (unpaired) electrons. The summed E-state index contributed by atoms with van der Waals surface area (Å²) in [5.41, 5.74) is 0.397. The van der Waals surface area contributed by atoms with Crippen LogP contribution in [0.2, 0.25) is 0 Å². The van der Waals surface area contributed by atoms with Gasteiger partial charge in [-0.2, -0.15) is 11.5 Å². The first-order valence-corrected chi connectivity index (χ1v) is 6.54. The summed E-state index contributed by atoms with van der Waals surface area (Å²) in [6.07, 6.45) is 0. The van der Waals surface area contributed by atoms with Gasteiger partial charge in [0.25, 0.3) is 11.8 Å². The van der Waals surface area contributed by atoms with E-state index in [9.17, 15) is 9.59 Å². The number of carbonyl (C=O) groups excluding carboxylic acids is 2. The van der Waals surface area contributed by atoms with Gasteiger partial charge in [-0.05, 0) is 25.2 Å². The maximum atomic E-state index is 11.6. The molecule has 1 aromatic rings. The molecule has 0 aliphatic carbocycles. The van der Waals surface area contributed by atoms with E-state index in [1.54, 1.807) is 18.2 Å². The smallest absolute Gasteiger partial charge is 0.791 e.